The van der Waals surface area contributed by atoms with Gasteiger partial charge in [0.15, 0.2) is 0 Å². The van der Waals surface area contributed by atoms with Gasteiger partial charge in [0, 0.05) is 5.70 Å². The van der Waals surface area contributed by atoms with E-state index in [0.717, 1.165) is 24.1 Å². The van der Waals surface area contributed by atoms with Crippen LogP contribution in [0.15, 0.2) is 53.8 Å². The minimum absolute atomic E-state index is 0.481. The molecule has 1 aromatic carbocycles. The van der Waals surface area contributed by atoms with Gasteiger partial charge >= 0.3 is 0 Å². The molecule has 0 saturated carbocycles. The standard InChI is InChI=1S/C15H18N2/c16-14(12-7-3-1-4-8-12)11-15(17)13-9-5-2-6-10-13/h1,3-4,7-9,11,16H,2,5-6,10,17H2/b15-11-,16-14?. The van der Waals surface area contributed by atoms with Crippen LogP contribution in [0.1, 0.15) is 31.2 Å². The first kappa shape index (κ1) is 11.6. The van der Waals surface area contributed by atoms with E-state index in [1.165, 1.54) is 18.4 Å². The predicted molar refractivity (Wildman–Crippen MR) is 72.1 cm³/mol. The predicted octanol–water partition coefficient (Wildman–Crippen LogP) is 3.40. The van der Waals surface area contributed by atoms with Crippen molar-refractivity contribution in [1.29, 1.82) is 5.41 Å². The van der Waals surface area contributed by atoms with Crippen molar-refractivity contribution in [3.8, 4) is 0 Å². The smallest absolute Gasteiger partial charge is 0.0632 e. The van der Waals surface area contributed by atoms with Crippen LogP contribution in [0, 0.1) is 5.41 Å². The molecule has 0 spiro atoms. The van der Waals surface area contributed by atoms with Crippen LogP contribution in [0.4, 0.5) is 0 Å². The van der Waals surface area contributed by atoms with Crippen LogP contribution in [0.25, 0.3) is 0 Å². The summed E-state index contributed by atoms with van der Waals surface area (Å²) in [5, 5.41) is 8.00. The van der Waals surface area contributed by atoms with E-state index in [4.69, 9.17) is 11.1 Å². The Hall–Kier alpha value is -1.83. The zero-order chi connectivity index (χ0) is 12.1. The number of rotatable bonds is 3. The molecule has 0 atom stereocenters. The molecule has 0 aromatic heterocycles. The molecular formula is C15H18N2. The van der Waals surface area contributed by atoms with Gasteiger partial charge in [0.1, 0.15) is 0 Å². The van der Waals surface area contributed by atoms with Crippen molar-refractivity contribution in [3.05, 3.63) is 59.3 Å². The summed E-state index contributed by atoms with van der Waals surface area (Å²) < 4.78 is 0. The van der Waals surface area contributed by atoms with Gasteiger partial charge in [-0.05, 0) is 42.9 Å². The van der Waals surface area contributed by atoms with Gasteiger partial charge in [0.05, 0.1) is 5.71 Å². The molecule has 0 unspecified atom stereocenters. The average Bonchev–Trinajstić information content (AvgIpc) is 2.40. The molecule has 17 heavy (non-hydrogen) atoms. The monoisotopic (exact) mass is 226 g/mol. The van der Waals surface area contributed by atoms with Crippen molar-refractivity contribution in [2.24, 2.45) is 5.73 Å². The highest BCUT2D eigenvalue weighted by Crippen LogP contribution is 2.21. The maximum atomic E-state index is 8.00. The number of nitrogens with one attached hydrogen (secondary N) is 1. The van der Waals surface area contributed by atoms with Gasteiger partial charge in [-0.25, -0.2) is 0 Å². The normalized spacial score (nSPS) is 16.5. The summed E-state index contributed by atoms with van der Waals surface area (Å²) in [4.78, 5) is 0. The molecule has 1 aliphatic rings. The van der Waals surface area contributed by atoms with E-state index in [1.807, 2.05) is 30.3 Å². The third kappa shape index (κ3) is 3.06. The van der Waals surface area contributed by atoms with Crippen LogP contribution in [0.2, 0.25) is 0 Å². The van der Waals surface area contributed by atoms with Crippen molar-refractivity contribution < 1.29 is 0 Å². The second kappa shape index (κ2) is 5.48. The number of hydrogen-bond acceptors (Lipinski definition) is 2. The molecule has 2 nitrogen and oxygen atoms in total. The van der Waals surface area contributed by atoms with Crippen molar-refractivity contribution in [2.75, 3.05) is 0 Å². The van der Waals surface area contributed by atoms with E-state index < -0.39 is 0 Å². The van der Waals surface area contributed by atoms with E-state index in [2.05, 4.69) is 6.08 Å². The summed E-state index contributed by atoms with van der Waals surface area (Å²) in [5.74, 6) is 0. The van der Waals surface area contributed by atoms with Crippen molar-refractivity contribution in [1.82, 2.24) is 0 Å². The Morgan fingerprint density at radius 2 is 1.94 bits per heavy atom. The Labute approximate surface area is 102 Å². The Morgan fingerprint density at radius 3 is 2.59 bits per heavy atom. The highest BCUT2D eigenvalue weighted by atomic mass is 14.6. The van der Waals surface area contributed by atoms with Crippen LogP contribution >= 0.6 is 0 Å². The van der Waals surface area contributed by atoms with Crippen molar-refractivity contribution in [2.45, 2.75) is 25.7 Å². The molecule has 0 bridgehead atoms. The van der Waals surface area contributed by atoms with E-state index in [0.29, 0.717) is 5.71 Å². The lowest BCUT2D eigenvalue weighted by atomic mass is 9.96. The van der Waals surface area contributed by atoms with Crippen LogP contribution < -0.4 is 5.73 Å². The molecule has 1 aliphatic carbocycles. The van der Waals surface area contributed by atoms with E-state index in [9.17, 15) is 0 Å². The molecule has 0 amide bonds. The summed E-state index contributed by atoms with van der Waals surface area (Å²) >= 11 is 0. The quantitative estimate of drug-likeness (QED) is 0.762. The highest BCUT2D eigenvalue weighted by molar-refractivity contribution is 6.07. The lowest BCUT2D eigenvalue weighted by Gasteiger charge is -2.13. The average molecular weight is 226 g/mol. The van der Waals surface area contributed by atoms with Crippen LogP contribution in [0.3, 0.4) is 0 Å². The zero-order valence-electron chi connectivity index (χ0n) is 9.95. The molecule has 0 aliphatic heterocycles. The number of benzene rings is 1. The SMILES string of the molecule is N=C(/C=C(\N)C1=CCCCC1)c1ccccc1. The first-order valence-electron chi connectivity index (χ1n) is 6.08. The summed E-state index contributed by atoms with van der Waals surface area (Å²) in [7, 11) is 0. The van der Waals surface area contributed by atoms with Gasteiger partial charge in [0.25, 0.3) is 0 Å². The van der Waals surface area contributed by atoms with Gasteiger partial charge in [-0.2, -0.15) is 0 Å². The van der Waals surface area contributed by atoms with Gasteiger partial charge < -0.3 is 11.1 Å². The van der Waals surface area contributed by atoms with Crippen LogP contribution in [-0.2, 0) is 0 Å². The molecular weight excluding hydrogens is 208 g/mol. The molecule has 3 N–H and O–H groups in total. The van der Waals surface area contributed by atoms with E-state index in [1.54, 1.807) is 6.08 Å². The summed E-state index contributed by atoms with van der Waals surface area (Å²) in [6, 6.07) is 9.69. The fourth-order valence-electron chi connectivity index (χ4n) is 2.05. The molecule has 0 heterocycles. The van der Waals surface area contributed by atoms with Gasteiger partial charge in [-0.1, -0.05) is 36.4 Å². The highest BCUT2D eigenvalue weighted by Gasteiger charge is 2.07. The summed E-state index contributed by atoms with van der Waals surface area (Å²) in [5.41, 5.74) is 9.38. The largest absolute Gasteiger partial charge is 0.398 e. The second-order valence-corrected chi connectivity index (χ2v) is 4.35. The Balaban J connectivity index is 2.14. The second-order valence-electron chi connectivity index (χ2n) is 4.35. The van der Waals surface area contributed by atoms with Gasteiger partial charge in [0.2, 0.25) is 0 Å². The molecule has 2 heteroatoms. The Kier molecular flexibility index (Phi) is 3.76. The topological polar surface area (TPSA) is 49.9 Å². The lowest BCUT2D eigenvalue weighted by Crippen LogP contribution is -2.07. The third-order valence-electron chi connectivity index (χ3n) is 3.05. The first-order chi connectivity index (χ1) is 8.27. The Morgan fingerprint density at radius 1 is 1.18 bits per heavy atom. The van der Waals surface area contributed by atoms with Crippen LogP contribution in [0.5, 0.6) is 0 Å². The van der Waals surface area contributed by atoms with Gasteiger partial charge in [-0.3, -0.25) is 0 Å². The summed E-state index contributed by atoms with van der Waals surface area (Å²) in [6.45, 7) is 0. The number of hydrogen-bond donors (Lipinski definition) is 2. The fourth-order valence-corrected chi connectivity index (χ4v) is 2.05. The lowest BCUT2D eigenvalue weighted by molar-refractivity contribution is 0.705. The molecule has 88 valence electrons. The van der Waals surface area contributed by atoms with Crippen molar-refractivity contribution in [3.63, 3.8) is 0 Å². The fraction of sp³-hybridized carbons (Fsp3) is 0.267. The minimum atomic E-state index is 0.481. The molecule has 2 rings (SSSR count). The van der Waals surface area contributed by atoms with Crippen LogP contribution in [-0.4, -0.2) is 5.71 Å². The number of nitrogens with two attached hydrogens (primary N) is 1. The molecule has 0 saturated heterocycles. The molecule has 1 aromatic rings. The first-order valence-corrected chi connectivity index (χ1v) is 6.08. The third-order valence-corrected chi connectivity index (χ3v) is 3.05. The summed E-state index contributed by atoms with van der Waals surface area (Å²) in [6.07, 6.45) is 8.60. The van der Waals surface area contributed by atoms with E-state index in [-0.39, 0.29) is 0 Å². The maximum Gasteiger partial charge on any atom is 0.0632 e. The van der Waals surface area contributed by atoms with E-state index >= 15 is 0 Å². The number of allylic oxidation sites excluding steroid dienone is 3. The minimum Gasteiger partial charge on any atom is -0.398 e. The zero-order valence-corrected chi connectivity index (χ0v) is 9.95. The molecule has 0 fully saturated rings. The Bertz CT molecular complexity index is 455. The van der Waals surface area contributed by atoms with Crippen molar-refractivity contribution >= 4 is 5.71 Å². The maximum absolute atomic E-state index is 8.00. The van der Waals surface area contributed by atoms with Gasteiger partial charge in [-0.15, -0.1) is 0 Å². The molecule has 0 radical (unpaired) electrons.